The molecule has 0 saturated carbocycles. The van der Waals surface area contributed by atoms with Gasteiger partial charge in [-0.25, -0.2) is 0 Å². The van der Waals surface area contributed by atoms with E-state index in [0.29, 0.717) is 0 Å². The molecule has 2 aromatic carbocycles. The first kappa shape index (κ1) is 13.4. The molecule has 0 fully saturated rings. The first-order chi connectivity index (χ1) is 10.1. The molecule has 3 nitrogen and oxygen atoms in total. The average Bonchev–Trinajstić information content (AvgIpc) is 2.47. The van der Waals surface area contributed by atoms with Gasteiger partial charge in [0.2, 0.25) is 0 Å². The van der Waals surface area contributed by atoms with Gasteiger partial charge in [-0.15, -0.1) is 4.73 Å². The predicted octanol–water partition coefficient (Wildman–Crippen LogP) is 3.34. The maximum Gasteiger partial charge on any atom is 0.284 e. The van der Waals surface area contributed by atoms with E-state index >= 15 is 0 Å². The second-order valence-electron chi connectivity index (χ2n) is 5.26. The number of benzene rings is 2. The van der Waals surface area contributed by atoms with Gasteiger partial charge in [-0.05, 0) is 37.1 Å². The highest BCUT2D eigenvalue weighted by molar-refractivity contribution is 5.95. The van der Waals surface area contributed by atoms with Gasteiger partial charge in [0.25, 0.3) is 5.56 Å². The summed E-state index contributed by atoms with van der Waals surface area (Å²) in [6, 6.07) is 15.8. The van der Waals surface area contributed by atoms with E-state index in [-0.39, 0.29) is 5.56 Å². The van der Waals surface area contributed by atoms with Crippen LogP contribution in [0.5, 0.6) is 0 Å². The van der Waals surface area contributed by atoms with Crippen LogP contribution in [0.25, 0.3) is 22.0 Å². The zero-order valence-corrected chi connectivity index (χ0v) is 12.4. The van der Waals surface area contributed by atoms with E-state index in [1.54, 1.807) is 6.07 Å². The molecule has 0 aliphatic heterocycles. The summed E-state index contributed by atoms with van der Waals surface area (Å²) in [6.07, 6.45) is 0. The summed E-state index contributed by atoms with van der Waals surface area (Å²) in [7, 11) is 1.51. The first-order valence-electron chi connectivity index (χ1n) is 6.88. The van der Waals surface area contributed by atoms with Crippen LogP contribution in [0.4, 0.5) is 0 Å². The Kier molecular flexibility index (Phi) is 3.26. The second-order valence-corrected chi connectivity index (χ2v) is 5.26. The van der Waals surface area contributed by atoms with Crippen LogP contribution in [0.3, 0.4) is 0 Å². The molecule has 106 valence electrons. The number of pyridine rings is 1. The SMILES string of the molecule is COn1c(=O)cc(-c2cccc(C)c2)c2cc(C)ccc21. The van der Waals surface area contributed by atoms with Crippen LogP contribution in [0, 0.1) is 13.8 Å². The highest BCUT2D eigenvalue weighted by Crippen LogP contribution is 2.28. The van der Waals surface area contributed by atoms with Crippen LogP contribution < -0.4 is 10.4 Å². The number of fused-ring (bicyclic) bond motifs is 1. The Bertz CT molecular complexity index is 878. The van der Waals surface area contributed by atoms with Gasteiger partial charge in [-0.3, -0.25) is 4.79 Å². The van der Waals surface area contributed by atoms with Crippen LogP contribution in [-0.2, 0) is 0 Å². The molecule has 3 heteroatoms. The topological polar surface area (TPSA) is 31.2 Å². The Balaban J connectivity index is 2.43. The number of aryl methyl sites for hydroxylation is 2. The number of hydrogen-bond acceptors (Lipinski definition) is 2. The molecular weight excluding hydrogens is 262 g/mol. The number of hydrogen-bond donors (Lipinski definition) is 0. The lowest BCUT2D eigenvalue weighted by atomic mass is 9.99. The number of rotatable bonds is 2. The maximum atomic E-state index is 12.3. The molecule has 3 aromatic rings. The fourth-order valence-corrected chi connectivity index (χ4v) is 2.66. The minimum Gasteiger partial charge on any atom is -0.413 e. The third kappa shape index (κ3) is 2.31. The van der Waals surface area contributed by atoms with E-state index in [9.17, 15) is 4.79 Å². The number of aromatic nitrogens is 1. The van der Waals surface area contributed by atoms with Gasteiger partial charge in [0.05, 0.1) is 5.52 Å². The summed E-state index contributed by atoms with van der Waals surface area (Å²) in [6.45, 7) is 4.09. The van der Waals surface area contributed by atoms with Crippen molar-refractivity contribution in [3.05, 3.63) is 70.0 Å². The molecule has 0 unspecified atom stereocenters. The fourth-order valence-electron chi connectivity index (χ4n) is 2.66. The highest BCUT2D eigenvalue weighted by Gasteiger charge is 2.11. The zero-order valence-electron chi connectivity index (χ0n) is 12.4. The van der Waals surface area contributed by atoms with Crippen LogP contribution >= 0.6 is 0 Å². The van der Waals surface area contributed by atoms with Crippen molar-refractivity contribution in [3.63, 3.8) is 0 Å². The third-order valence-corrected chi connectivity index (χ3v) is 3.64. The highest BCUT2D eigenvalue weighted by atomic mass is 16.6. The van der Waals surface area contributed by atoms with Gasteiger partial charge in [-0.1, -0.05) is 41.5 Å². The zero-order chi connectivity index (χ0) is 15.0. The van der Waals surface area contributed by atoms with Crippen LogP contribution in [-0.4, -0.2) is 11.8 Å². The molecule has 1 aromatic heterocycles. The van der Waals surface area contributed by atoms with Gasteiger partial charge in [0, 0.05) is 11.5 Å². The summed E-state index contributed by atoms with van der Waals surface area (Å²) in [5.41, 5.74) is 4.93. The molecule has 0 aliphatic rings. The van der Waals surface area contributed by atoms with Crippen molar-refractivity contribution >= 4 is 10.9 Å². The van der Waals surface area contributed by atoms with Crippen molar-refractivity contribution in [2.45, 2.75) is 13.8 Å². The molecule has 21 heavy (non-hydrogen) atoms. The van der Waals surface area contributed by atoms with Crippen molar-refractivity contribution in [2.75, 3.05) is 7.11 Å². The molecule has 3 rings (SSSR count). The molecule has 1 heterocycles. The standard InChI is InChI=1S/C18H17NO2/c1-12-5-4-6-14(9-12)15-11-18(20)19(21-3)17-8-7-13(2)10-16(15)17/h4-11H,1-3H3. The van der Waals surface area contributed by atoms with Crippen molar-refractivity contribution < 1.29 is 4.84 Å². The molecule has 0 aliphatic carbocycles. The monoisotopic (exact) mass is 279 g/mol. The normalized spacial score (nSPS) is 10.8. The van der Waals surface area contributed by atoms with E-state index < -0.39 is 0 Å². The largest absolute Gasteiger partial charge is 0.413 e. The minimum absolute atomic E-state index is 0.162. The molecule has 0 saturated heterocycles. The Labute approximate surface area is 123 Å². The lowest BCUT2D eigenvalue weighted by Gasteiger charge is -2.13. The van der Waals surface area contributed by atoms with Gasteiger partial charge < -0.3 is 4.84 Å². The Morgan fingerprint density at radius 3 is 2.43 bits per heavy atom. The summed E-state index contributed by atoms with van der Waals surface area (Å²) in [4.78, 5) is 17.5. The third-order valence-electron chi connectivity index (χ3n) is 3.64. The van der Waals surface area contributed by atoms with Crippen molar-refractivity contribution in [1.82, 2.24) is 4.73 Å². The Hall–Kier alpha value is -2.55. The molecule has 0 amide bonds. The minimum atomic E-state index is -0.162. The van der Waals surface area contributed by atoms with E-state index in [1.165, 1.54) is 17.4 Å². The van der Waals surface area contributed by atoms with Gasteiger partial charge in [0.1, 0.15) is 7.11 Å². The maximum absolute atomic E-state index is 12.3. The Morgan fingerprint density at radius 2 is 1.71 bits per heavy atom. The number of nitrogens with zero attached hydrogens (tertiary/aromatic N) is 1. The quantitative estimate of drug-likeness (QED) is 0.720. The summed E-state index contributed by atoms with van der Waals surface area (Å²) < 4.78 is 1.33. The van der Waals surface area contributed by atoms with Gasteiger partial charge in [0.15, 0.2) is 0 Å². The van der Waals surface area contributed by atoms with E-state index in [0.717, 1.165) is 27.6 Å². The van der Waals surface area contributed by atoms with E-state index in [1.807, 2.05) is 44.2 Å². The van der Waals surface area contributed by atoms with E-state index in [4.69, 9.17) is 4.84 Å². The first-order valence-corrected chi connectivity index (χ1v) is 6.88. The lowest BCUT2D eigenvalue weighted by molar-refractivity contribution is 0.169. The van der Waals surface area contributed by atoms with Crippen molar-refractivity contribution in [1.29, 1.82) is 0 Å². The smallest absolute Gasteiger partial charge is 0.284 e. The van der Waals surface area contributed by atoms with Crippen LogP contribution in [0.2, 0.25) is 0 Å². The molecule has 0 atom stereocenters. The van der Waals surface area contributed by atoms with Gasteiger partial charge >= 0.3 is 0 Å². The summed E-state index contributed by atoms with van der Waals surface area (Å²) in [5.74, 6) is 0. The lowest BCUT2D eigenvalue weighted by Crippen LogP contribution is -2.24. The van der Waals surface area contributed by atoms with Crippen molar-refractivity contribution in [3.8, 4) is 11.1 Å². The Morgan fingerprint density at radius 1 is 0.952 bits per heavy atom. The van der Waals surface area contributed by atoms with E-state index in [2.05, 4.69) is 12.1 Å². The van der Waals surface area contributed by atoms with Crippen molar-refractivity contribution in [2.24, 2.45) is 0 Å². The summed E-state index contributed by atoms with van der Waals surface area (Å²) in [5, 5.41) is 1.02. The van der Waals surface area contributed by atoms with Gasteiger partial charge in [-0.2, -0.15) is 0 Å². The molecule has 0 bridgehead atoms. The van der Waals surface area contributed by atoms with Crippen LogP contribution in [0.15, 0.2) is 53.3 Å². The van der Waals surface area contributed by atoms with Crippen LogP contribution in [0.1, 0.15) is 11.1 Å². The molecule has 0 spiro atoms. The molecular formula is C18H17NO2. The molecule has 0 N–H and O–H groups in total. The molecule has 0 radical (unpaired) electrons. The summed E-state index contributed by atoms with van der Waals surface area (Å²) >= 11 is 0. The average molecular weight is 279 g/mol. The predicted molar refractivity (Wildman–Crippen MR) is 85.6 cm³/mol. The fraction of sp³-hybridized carbons (Fsp3) is 0.167. The second kappa shape index (κ2) is 5.09.